The molecule has 0 saturated heterocycles. The molecule has 4 aliphatic carbocycles. The number of nitrogens with zero attached hydrogens (tertiary/aromatic N) is 2. The van der Waals surface area contributed by atoms with Gasteiger partial charge in [-0.05, 0) is 80.5 Å². The first-order chi connectivity index (χ1) is 13.9. The monoisotopic (exact) mass is 410 g/mol. The van der Waals surface area contributed by atoms with Gasteiger partial charge in [0.15, 0.2) is 4.77 Å². The smallest absolute Gasteiger partial charge is 0.226 e. The maximum atomic E-state index is 13.4. The first-order valence-corrected chi connectivity index (χ1v) is 11.3. The molecule has 6 heteroatoms. The fourth-order valence-corrected chi connectivity index (χ4v) is 7.00. The Hall–Kier alpha value is -1.95. The third-order valence-corrected chi connectivity index (χ3v) is 8.18. The van der Waals surface area contributed by atoms with Crippen LogP contribution < -0.4 is 5.32 Å². The third-order valence-electron chi connectivity index (χ3n) is 7.81. The molecule has 4 aliphatic rings. The molecule has 1 amide bonds. The summed E-state index contributed by atoms with van der Waals surface area (Å²) < 4.78 is 2.49. The summed E-state index contributed by atoms with van der Waals surface area (Å²) in [4.78, 5) is 13.4. The van der Waals surface area contributed by atoms with Crippen LogP contribution in [0.3, 0.4) is 0 Å². The van der Waals surface area contributed by atoms with Gasteiger partial charge in [0.1, 0.15) is 5.82 Å². The molecule has 4 bridgehead atoms. The lowest BCUT2D eigenvalue weighted by atomic mass is 9.42. The highest BCUT2D eigenvalue weighted by Crippen LogP contribution is 2.65. The van der Waals surface area contributed by atoms with Crippen LogP contribution in [0.15, 0.2) is 24.3 Å². The number of aromatic amines is 1. The zero-order valence-corrected chi connectivity index (χ0v) is 18.1. The van der Waals surface area contributed by atoms with Crippen molar-refractivity contribution >= 4 is 18.1 Å². The van der Waals surface area contributed by atoms with Gasteiger partial charge in [-0.25, -0.2) is 0 Å². The van der Waals surface area contributed by atoms with Crippen molar-refractivity contribution in [1.82, 2.24) is 20.1 Å². The van der Waals surface area contributed by atoms with Crippen LogP contribution in [0.25, 0.3) is 0 Å². The molecular weight excluding hydrogens is 380 g/mol. The largest absolute Gasteiger partial charge is 0.355 e. The van der Waals surface area contributed by atoms with Crippen LogP contribution in [-0.4, -0.2) is 27.2 Å². The van der Waals surface area contributed by atoms with Crippen molar-refractivity contribution in [2.24, 2.45) is 24.3 Å². The molecule has 2 aromatic rings. The quantitative estimate of drug-likeness (QED) is 0.733. The number of aromatic nitrogens is 3. The van der Waals surface area contributed by atoms with E-state index in [-0.39, 0.29) is 16.7 Å². The molecule has 2 N–H and O–H groups in total. The minimum absolute atomic E-state index is 0.189. The van der Waals surface area contributed by atoms with Crippen LogP contribution in [0.5, 0.6) is 0 Å². The number of nitrogens with one attached hydrogen (secondary N) is 2. The third kappa shape index (κ3) is 3.16. The van der Waals surface area contributed by atoms with Gasteiger partial charge in [-0.15, -0.1) is 0 Å². The summed E-state index contributed by atoms with van der Waals surface area (Å²) in [6.45, 7) is 2.76. The molecule has 0 radical (unpaired) electrons. The van der Waals surface area contributed by atoms with Gasteiger partial charge in [0, 0.05) is 20.0 Å². The predicted octanol–water partition coefficient (Wildman–Crippen LogP) is 3.98. The number of amides is 1. The van der Waals surface area contributed by atoms with Crippen LogP contribution in [0, 0.1) is 28.9 Å². The van der Waals surface area contributed by atoms with E-state index in [1.165, 1.54) is 30.4 Å². The van der Waals surface area contributed by atoms with Crippen molar-refractivity contribution in [1.29, 1.82) is 0 Å². The Morgan fingerprint density at radius 2 is 1.93 bits per heavy atom. The van der Waals surface area contributed by atoms with Gasteiger partial charge in [0.25, 0.3) is 0 Å². The number of hydrogen-bond donors (Lipinski definition) is 2. The van der Waals surface area contributed by atoms with Gasteiger partial charge < -0.3 is 9.88 Å². The summed E-state index contributed by atoms with van der Waals surface area (Å²) in [7, 11) is 1.91. The summed E-state index contributed by atoms with van der Waals surface area (Å²) in [5.74, 6) is 2.53. The molecule has 5 nitrogen and oxygen atoms in total. The predicted molar refractivity (Wildman–Crippen MR) is 115 cm³/mol. The van der Waals surface area contributed by atoms with Gasteiger partial charge in [0.2, 0.25) is 5.91 Å². The van der Waals surface area contributed by atoms with Crippen LogP contribution in [0.4, 0.5) is 0 Å². The number of aryl methyl sites for hydroxylation is 1. The van der Waals surface area contributed by atoms with E-state index >= 15 is 0 Å². The summed E-state index contributed by atoms with van der Waals surface area (Å²) >= 11 is 5.18. The fraction of sp³-hybridized carbons (Fsp3) is 0.609. The van der Waals surface area contributed by atoms with Crippen molar-refractivity contribution < 1.29 is 4.79 Å². The molecule has 0 spiro atoms. The maximum Gasteiger partial charge on any atom is 0.226 e. The average Bonchev–Trinajstić information content (AvgIpc) is 2.99. The zero-order valence-electron chi connectivity index (χ0n) is 17.3. The molecule has 2 atom stereocenters. The molecule has 29 heavy (non-hydrogen) atoms. The Bertz CT molecular complexity index is 975. The van der Waals surface area contributed by atoms with Gasteiger partial charge in [-0.2, -0.15) is 5.10 Å². The molecule has 1 aromatic carbocycles. The van der Waals surface area contributed by atoms with E-state index in [0.29, 0.717) is 29.6 Å². The Morgan fingerprint density at radius 3 is 2.55 bits per heavy atom. The van der Waals surface area contributed by atoms with Crippen molar-refractivity contribution in [2.75, 3.05) is 6.54 Å². The summed E-state index contributed by atoms with van der Waals surface area (Å²) in [5, 5.41) is 10.3. The number of carbonyl (C=O) groups excluding carboxylic acids is 1. The lowest BCUT2D eigenvalue weighted by molar-refractivity contribution is -0.149. The standard InChI is InChI=1S/C23H30N4OS/c1-15-3-5-18(6-4-15)22-10-16-9-17(11-22)13-23(12-16,14-22)20(28)24-8-7-19-25-26-21(29)27(19)2/h3-6,16-17H,7-14H2,1-2H3,(H,24,28)(H,26,29). The lowest BCUT2D eigenvalue weighted by Crippen LogP contribution is -2.59. The summed E-state index contributed by atoms with van der Waals surface area (Å²) in [5.41, 5.74) is 2.77. The number of benzene rings is 1. The molecule has 1 aromatic heterocycles. The van der Waals surface area contributed by atoms with Gasteiger partial charge >= 0.3 is 0 Å². The van der Waals surface area contributed by atoms with Gasteiger partial charge in [0.05, 0.1) is 5.41 Å². The van der Waals surface area contributed by atoms with Crippen molar-refractivity contribution in [3.05, 3.63) is 46.0 Å². The number of hydrogen-bond acceptors (Lipinski definition) is 3. The molecule has 6 rings (SSSR count). The minimum atomic E-state index is -0.189. The topological polar surface area (TPSA) is 62.7 Å². The highest BCUT2D eigenvalue weighted by atomic mass is 32.1. The number of H-pyrrole nitrogens is 1. The van der Waals surface area contributed by atoms with Crippen LogP contribution in [0.1, 0.15) is 55.5 Å². The van der Waals surface area contributed by atoms with Crippen molar-refractivity contribution in [2.45, 2.75) is 57.3 Å². The van der Waals surface area contributed by atoms with E-state index in [0.717, 1.165) is 25.1 Å². The van der Waals surface area contributed by atoms with E-state index in [2.05, 4.69) is 46.7 Å². The second kappa shape index (κ2) is 6.79. The second-order valence-electron chi connectivity index (χ2n) is 9.90. The number of rotatable bonds is 5. The van der Waals surface area contributed by atoms with Crippen LogP contribution in [-0.2, 0) is 23.7 Å². The lowest BCUT2D eigenvalue weighted by Gasteiger charge is -2.61. The Kier molecular flexibility index (Phi) is 4.46. The van der Waals surface area contributed by atoms with E-state index in [1.807, 2.05) is 11.6 Å². The highest BCUT2D eigenvalue weighted by molar-refractivity contribution is 7.71. The molecular formula is C23H30N4OS. The molecule has 1 heterocycles. The fourth-order valence-electron chi connectivity index (χ4n) is 6.85. The maximum absolute atomic E-state index is 13.4. The Labute approximate surface area is 177 Å². The summed E-state index contributed by atoms with van der Waals surface area (Å²) in [6.07, 6.45) is 7.66. The van der Waals surface area contributed by atoms with Crippen molar-refractivity contribution in [3.8, 4) is 0 Å². The summed E-state index contributed by atoms with van der Waals surface area (Å²) in [6, 6.07) is 9.10. The second-order valence-corrected chi connectivity index (χ2v) is 10.3. The zero-order chi connectivity index (χ0) is 20.2. The normalized spacial score (nSPS) is 32.5. The number of carbonyl (C=O) groups is 1. The molecule has 4 fully saturated rings. The van der Waals surface area contributed by atoms with Crippen LogP contribution >= 0.6 is 12.2 Å². The van der Waals surface area contributed by atoms with Gasteiger partial charge in [-0.3, -0.25) is 9.89 Å². The first-order valence-electron chi connectivity index (χ1n) is 10.8. The van der Waals surface area contributed by atoms with E-state index in [9.17, 15) is 4.79 Å². The first kappa shape index (κ1) is 19.0. The molecule has 2 unspecified atom stereocenters. The Morgan fingerprint density at radius 1 is 1.24 bits per heavy atom. The van der Waals surface area contributed by atoms with E-state index in [4.69, 9.17) is 12.2 Å². The molecule has 4 saturated carbocycles. The van der Waals surface area contributed by atoms with E-state index in [1.54, 1.807) is 0 Å². The minimum Gasteiger partial charge on any atom is -0.355 e. The Balaban J connectivity index is 1.34. The van der Waals surface area contributed by atoms with E-state index < -0.39 is 0 Å². The molecule has 154 valence electrons. The highest BCUT2D eigenvalue weighted by Gasteiger charge is 2.60. The van der Waals surface area contributed by atoms with Crippen molar-refractivity contribution in [3.63, 3.8) is 0 Å². The average molecular weight is 411 g/mol. The van der Waals surface area contributed by atoms with Crippen LogP contribution in [0.2, 0.25) is 0 Å². The van der Waals surface area contributed by atoms with Gasteiger partial charge in [-0.1, -0.05) is 29.8 Å². The molecule has 0 aliphatic heterocycles. The SMILES string of the molecule is Cc1ccc(C23CC4CC(CC(C(=O)NCCc5n[nH]c(=S)n5C)(C4)C2)C3)cc1.